The van der Waals surface area contributed by atoms with Crippen molar-refractivity contribution in [3.05, 3.63) is 29.3 Å². The molecule has 160 valence electrons. The van der Waals surface area contributed by atoms with Crippen LogP contribution in [0.4, 0.5) is 0 Å². The number of piperidine rings is 1. The minimum atomic E-state index is -3.61. The summed E-state index contributed by atoms with van der Waals surface area (Å²) in [5.41, 5.74) is 0. The lowest BCUT2D eigenvalue weighted by Gasteiger charge is -2.30. The van der Waals surface area contributed by atoms with Crippen LogP contribution in [0.5, 0.6) is 0 Å². The second-order valence-corrected chi connectivity index (χ2v) is 10.0. The molecule has 1 aromatic carbocycles. The van der Waals surface area contributed by atoms with Crippen LogP contribution in [-0.2, 0) is 24.3 Å². The zero-order valence-corrected chi connectivity index (χ0v) is 17.9. The highest BCUT2D eigenvalue weighted by atomic mass is 35.5. The fourth-order valence-corrected chi connectivity index (χ4v) is 5.45. The van der Waals surface area contributed by atoms with Gasteiger partial charge in [0, 0.05) is 24.2 Å². The van der Waals surface area contributed by atoms with Crippen LogP contribution in [-0.4, -0.2) is 50.3 Å². The molecule has 1 saturated heterocycles. The molecule has 1 amide bonds. The van der Waals surface area contributed by atoms with E-state index in [1.54, 1.807) is 0 Å². The van der Waals surface area contributed by atoms with Gasteiger partial charge in [0.1, 0.15) is 0 Å². The molecule has 1 N–H and O–H groups in total. The average Bonchev–Trinajstić information content (AvgIpc) is 2.73. The molecule has 0 radical (unpaired) electrons. The van der Waals surface area contributed by atoms with Crippen LogP contribution in [0.25, 0.3) is 0 Å². The summed E-state index contributed by atoms with van der Waals surface area (Å²) in [6.07, 6.45) is 6.12. The van der Waals surface area contributed by atoms with Crippen LogP contribution in [0.15, 0.2) is 29.2 Å². The third-order valence-corrected chi connectivity index (χ3v) is 7.72. The first-order valence-corrected chi connectivity index (χ1v) is 11.9. The third-order valence-electron chi connectivity index (χ3n) is 5.55. The summed E-state index contributed by atoms with van der Waals surface area (Å²) in [5.74, 6) is -1.10. The molecule has 0 bridgehead atoms. The van der Waals surface area contributed by atoms with Crippen molar-refractivity contribution in [3.63, 3.8) is 0 Å². The molecule has 1 aliphatic carbocycles. The van der Waals surface area contributed by atoms with E-state index in [9.17, 15) is 18.0 Å². The van der Waals surface area contributed by atoms with E-state index in [2.05, 4.69) is 5.32 Å². The second-order valence-electron chi connectivity index (χ2n) is 7.64. The van der Waals surface area contributed by atoms with Crippen molar-refractivity contribution >= 4 is 33.5 Å². The Morgan fingerprint density at radius 1 is 1.03 bits per heavy atom. The molecule has 7 nitrogen and oxygen atoms in total. The Morgan fingerprint density at radius 2 is 1.66 bits per heavy atom. The number of esters is 1. The van der Waals surface area contributed by atoms with Gasteiger partial charge in [0.05, 0.1) is 10.8 Å². The molecule has 29 heavy (non-hydrogen) atoms. The van der Waals surface area contributed by atoms with Crippen LogP contribution in [0.1, 0.15) is 44.9 Å². The Hall–Kier alpha value is -1.64. The lowest BCUT2D eigenvalue weighted by atomic mass is 9.95. The second kappa shape index (κ2) is 9.91. The first-order chi connectivity index (χ1) is 13.9. The number of ether oxygens (including phenoxy) is 1. The van der Waals surface area contributed by atoms with E-state index in [1.165, 1.54) is 35.0 Å². The van der Waals surface area contributed by atoms with Gasteiger partial charge in [-0.25, -0.2) is 8.42 Å². The fourth-order valence-electron chi connectivity index (χ4n) is 3.86. The number of carbonyl (C=O) groups excluding carboxylic acids is 2. The number of hydrogen-bond acceptors (Lipinski definition) is 5. The van der Waals surface area contributed by atoms with Crippen LogP contribution in [0.2, 0.25) is 5.02 Å². The smallest absolute Gasteiger partial charge is 0.309 e. The van der Waals surface area contributed by atoms with Gasteiger partial charge in [-0.15, -0.1) is 0 Å². The predicted molar refractivity (Wildman–Crippen MR) is 109 cm³/mol. The quantitative estimate of drug-likeness (QED) is 0.684. The van der Waals surface area contributed by atoms with Crippen molar-refractivity contribution in [3.8, 4) is 0 Å². The van der Waals surface area contributed by atoms with Crippen LogP contribution >= 0.6 is 11.6 Å². The molecule has 2 aliphatic rings. The van der Waals surface area contributed by atoms with Gasteiger partial charge in [0.15, 0.2) is 6.61 Å². The lowest BCUT2D eigenvalue weighted by Crippen LogP contribution is -2.42. The van der Waals surface area contributed by atoms with Crippen molar-refractivity contribution in [1.29, 1.82) is 0 Å². The lowest BCUT2D eigenvalue weighted by molar-refractivity contribution is -0.153. The van der Waals surface area contributed by atoms with E-state index in [0.29, 0.717) is 17.9 Å². The van der Waals surface area contributed by atoms with Crippen LogP contribution < -0.4 is 5.32 Å². The van der Waals surface area contributed by atoms with Crippen molar-refractivity contribution in [2.45, 2.75) is 55.9 Å². The summed E-state index contributed by atoms with van der Waals surface area (Å²) in [7, 11) is -3.61. The number of halogens is 1. The van der Waals surface area contributed by atoms with Gasteiger partial charge in [0.2, 0.25) is 10.0 Å². The molecule has 0 atom stereocenters. The van der Waals surface area contributed by atoms with E-state index in [-0.39, 0.29) is 36.5 Å². The summed E-state index contributed by atoms with van der Waals surface area (Å²) >= 11 is 5.82. The number of rotatable bonds is 6. The number of nitrogens with zero attached hydrogens (tertiary/aromatic N) is 1. The molecule has 0 spiro atoms. The summed E-state index contributed by atoms with van der Waals surface area (Å²) in [6, 6.07) is 6.20. The van der Waals surface area contributed by atoms with E-state index in [4.69, 9.17) is 16.3 Å². The number of benzene rings is 1. The summed E-state index contributed by atoms with van der Waals surface area (Å²) in [4.78, 5) is 24.4. The molecule has 1 saturated carbocycles. The summed E-state index contributed by atoms with van der Waals surface area (Å²) in [5, 5.41) is 3.38. The van der Waals surface area contributed by atoms with Crippen LogP contribution in [0.3, 0.4) is 0 Å². The van der Waals surface area contributed by atoms with Crippen LogP contribution in [0, 0.1) is 5.92 Å². The number of nitrogens with one attached hydrogen (secondary N) is 1. The predicted octanol–water partition coefficient (Wildman–Crippen LogP) is 2.73. The monoisotopic (exact) mass is 442 g/mol. The Labute approximate surface area is 176 Å². The number of hydrogen-bond donors (Lipinski definition) is 1. The van der Waals surface area contributed by atoms with Gasteiger partial charge in [-0.1, -0.05) is 30.9 Å². The van der Waals surface area contributed by atoms with E-state index < -0.39 is 21.9 Å². The van der Waals surface area contributed by atoms with Crippen molar-refractivity contribution in [1.82, 2.24) is 9.62 Å². The highest BCUT2D eigenvalue weighted by Crippen LogP contribution is 2.25. The summed E-state index contributed by atoms with van der Waals surface area (Å²) in [6.45, 7) is 0.191. The Kier molecular flexibility index (Phi) is 7.54. The molecule has 2 fully saturated rings. The molecule has 0 unspecified atom stereocenters. The Bertz CT molecular complexity index is 814. The van der Waals surface area contributed by atoms with Crippen molar-refractivity contribution < 1.29 is 22.7 Å². The molecule has 3 rings (SSSR count). The minimum Gasteiger partial charge on any atom is -0.455 e. The maximum Gasteiger partial charge on any atom is 0.309 e. The van der Waals surface area contributed by atoms with Gasteiger partial charge in [0.25, 0.3) is 5.91 Å². The standard InChI is InChI=1S/C20H27ClN2O5S/c21-16-6-8-18(9-7-16)29(26,27)23-12-10-15(11-13-23)20(25)28-14-19(24)22-17-4-2-1-3-5-17/h6-9,15,17H,1-5,10-14H2,(H,22,24). The van der Waals surface area contributed by atoms with E-state index in [1.807, 2.05) is 0 Å². The number of carbonyl (C=O) groups is 2. The fraction of sp³-hybridized carbons (Fsp3) is 0.600. The SMILES string of the molecule is O=C(COC(=O)C1CCN(S(=O)(=O)c2ccc(Cl)cc2)CC1)NC1CCCCC1. The normalized spacial score (nSPS) is 19.6. The zero-order chi connectivity index (χ0) is 20.9. The molecule has 1 aliphatic heterocycles. The number of sulfonamides is 1. The molecule has 9 heteroatoms. The first kappa shape index (κ1) is 22.1. The van der Waals surface area contributed by atoms with Crippen molar-refractivity contribution in [2.75, 3.05) is 19.7 Å². The number of amides is 1. The highest BCUT2D eigenvalue weighted by Gasteiger charge is 2.33. The van der Waals surface area contributed by atoms with E-state index >= 15 is 0 Å². The van der Waals surface area contributed by atoms with Gasteiger partial charge < -0.3 is 10.1 Å². The minimum absolute atomic E-state index is 0.177. The molecular weight excluding hydrogens is 416 g/mol. The molecule has 1 aromatic rings. The Balaban J connectivity index is 1.44. The average molecular weight is 443 g/mol. The Morgan fingerprint density at radius 3 is 2.28 bits per heavy atom. The maximum atomic E-state index is 12.7. The largest absolute Gasteiger partial charge is 0.455 e. The van der Waals surface area contributed by atoms with Gasteiger partial charge in [-0.2, -0.15) is 4.31 Å². The third kappa shape index (κ3) is 5.93. The van der Waals surface area contributed by atoms with Crippen molar-refractivity contribution in [2.24, 2.45) is 5.92 Å². The topological polar surface area (TPSA) is 92.8 Å². The van der Waals surface area contributed by atoms with E-state index in [0.717, 1.165) is 25.7 Å². The highest BCUT2D eigenvalue weighted by molar-refractivity contribution is 7.89. The van der Waals surface area contributed by atoms with Gasteiger partial charge in [-0.3, -0.25) is 9.59 Å². The first-order valence-electron chi connectivity index (χ1n) is 10.1. The van der Waals surface area contributed by atoms with Gasteiger partial charge in [-0.05, 0) is 49.9 Å². The summed E-state index contributed by atoms with van der Waals surface area (Å²) < 4.78 is 31.9. The molecule has 1 heterocycles. The van der Waals surface area contributed by atoms with Gasteiger partial charge >= 0.3 is 5.97 Å². The zero-order valence-electron chi connectivity index (χ0n) is 16.3. The molecule has 0 aromatic heterocycles. The molecular formula is C20H27ClN2O5S. The maximum absolute atomic E-state index is 12.7.